The van der Waals surface area contributed by atoms with Crippen LogP contribution in [0.2, 0.25) is 4.34 Å². The Morgan fingerprint density at radius 3 is 2.86 bits per heavy atom. The zero-order valence-corrected chi connectivity index (χ0v) is 14.3. The molecule has 2 rings (SSSR count). The van der Waals surface area contributed by atoms with E-state index >= 15 is 0 Å². The lowest BCUT2D eigenvalue weighted by molar-refractivity contribution is -0.125. The standard InChI is InChI=1S/C15H12BrClFNOS/c1-19(9-12-4-6-14(17)21-12)15(20)7-2-10-8-11(16)3-5-13(10)18/h2-8H,9H2,1H3/b7-2+. The van der Waals surface area contributed by atoms with Crippen molar-refractivity contribution in [1.82, 2.24) is 4.90 Å². The summed E-state index contributed by atoms with van der Waals surface area (Å²) in [6, 6.07) is 8.27. The minimum atomic E-state index is -0.366. The number of hydrogen-bond acceptors (Lipinski definition) is 2. The van der Waals surface area contributed by atoms with Gasteiger partial charge in [-0.2, -0.15) is 0 Å². The third-order valence-corrected chi connectivity index (χ3v) is 4.47. The molecule has 21 heavy (non-hydrogen) atoms. The number of likely N-dealkylation sites (N-methyl/N-ethyl adjacent to an activating group) is 1. The van der Waals surface area contributed by atoms with Gasteiger partial charge in [-0.15, -0.1) is 11.3 Å². The normalized spacial score (nSPS) is 11.0. The van der Waals surface area contributed by atoms with E-state index < -0.39 is 0 Å². The van der Waals surface area contributed by atoms with Gasteiger partial charge in [-0.3, -0.25) is 4.79 Å². The molecule has 0 bridgehead atoms. The zero-order valence-electron chi connectivity index (χ0n) is 11.1. The first-order valence-electron chi connectivity index (χ1n) is 6.08. The van der Waals surface area contributed by atoms with Crippen molar-refractivity contribution in [3.05, 3.63) is 61.5 Å². The molecule has 0 aliphatic heterocycles. The second-order valence-electron chi connectivity index (χ2n) is 4.40. The predicted molar refractivity (Wildman–Crippen MR) is 88.9 cm³/mol. The molecular formula is C15H12BrClFNOS. The second kappa shape index (κ2) is 7.20. The first kappa shape index (κ1) is 16.2. The molecule has 1 aromatic heterocycles. The highest BCUT2D eigenvalue weighted by Crippen LogP contribution is 2.22. The molecule has 0 saturated carbocycles. The van der Waals surface area contributed by atoms with Gasteiger partial charge in [-0.05, 0) is 36.4 Å². The highest BCUT2D eigenvalue weighted by atomic mass is 79.9. The molecule has 0 saturated heterocycles. The molecule has 6 heteroatoms. The third kappa shape index (κ3) is 4.66. The summed E-state index contributed by atoms with van der Waals surface area (Å²) >= 11 is 10.6. The average Bonchev–Trinajstić information content (AvgIpc) is 2.84. The molecule has 1 aromatic carbocycles. The Morgan fingerprint density at radius 1 is 1.43 bits per heavy atom. The van der Waals surface area contributed by atoms with E-state index in [-0.39, 0.29) is 11.7 Å². The van der Waals surface area contributed by atoms with Gasteiger partial charge in [0.25, 0.3) is 0 Å². The van der Waals surface area contributed by atoms with Gasteiger partial charge in [-0.25, -0.2) is 4.39 Å². The van der Waals surface area contributed by atoms with E-state index in [2.05, 4.69) is 15.9 Å². The molecular weight excluding hydrogens is 377 g/mol. The van der Waals surface area contributed by atoms with Gasteiger partial charge >= 0.3 is 0 Å². The van der Waals surface area contributed by atoms with Crippen LogP contribution in [0.15, 0.2) is 40.9 Å². The smallest absolute Gasteiger partial charge is 0.246 e. The first-order valence-corrected chi connectivity index (χ1v) is 8.07. The fourth-order valence-corrected chi connectivity index (χ4v) is 3.20. The molecule has 0 atom stereocenters. The highest BCUT2D eigenvalue weighted by Gasteiger charge is 2.08. The molecule has 0 unspecified atom stereocenters. The first-order chi connectivity index (χ1) is 9.95. The lowest BCUT2D eigenvalue weighted by Crippen LogP contribution is -2.23. The van der Waals surface area contributed by atoms with E-state index in [4.69, 9.17) is 11.6 Å². The lowest BCUT2D eigenvalue weighted by atomic mass is 10.2. The molecule has 0 fully saturated rings. The summed E-state index contributed by atoms with van der Waals surface area (Å²) in [5, 5.41) is 0. The van der Waals surface area contributed by atoms with Crippen LogP contribution in [0.3, 0.4) is 0 Å². The molecule has 1 heterocycles. The van der Waals surface area contributed by atoms with Gasteiger partial charge in [0, 0.05) is 28.0 Å². The molecule has 2 nitrogen and oxygen atoms in total. The van der Waals surface area contributed by atoms with Crippen molar-refractivity contribution in [3.63, 3.8) is 0 Å². The minimum Gasteiger partial charge on any atom is -0.337 e. The number of carbonyl (C=O) groups is 1. The van der Waals surface area contributed by atoms with E-state index in [1.54, 1.807) is 30.1 Å². The number of nitrogens with zero attached hydrogens (tertiary/aromatic N) is 1. The second-order valence-corrected chi connectivity index (χ2v) is 7.11. The summed E-state index contributed by atoms with van der Waals surface area (Å²) in [7, 11) is 1.69. The maximum absolute atomic E-state index is 13.6. The van der Waals surface area contributed by atoms with Gasteiger partial charge in [0.05, 0.1) is 10.9 Å². The fourth-order valence-electron chi connectivity index (χ4n) is 1.68. The number of amides is 1. The van der Waals surface area contributed by atoms with Crippen molar-refractivity contribution < 1.29 is 9.18 Å². The number of rotatable bonds is 4. The summed E-state index contributed by atoms with van der Waals surface area (Å²) in [6.45, 7) is 0.474. The van der Waals surface area contributed by atoms with Crippen LogP contribution in [0, 0.1) is 5.82 Å². The molecule has 110 valence electrons. The largest absolute Gasteiger partial charge is 0.337 e. The maximum Gasteiger partial charge on any atom is 0.246 e. The Kier molecular flexibility index (Phi) is 5.56. The van der Waals surface area contributed by atoms with Crippen LogP contribution in [0.1, 0.15) is 10.4 Å². The van der Waals surface area contributed by atoms with Crippen molar-refractivity contribution >= 4 is 50.9 Å². The Balaban J connectivity index is 2.03. The fraction of sp³-hybridized carbons (Fsp3) is 0.133. The molecule has 0 spiro atoms. The Morgan fingerprint density at radius 2 is 2.19 bits per heavy atom. The summed E-state index contributed by atoms with van der Waals surface area (Å²) < 4.78 is 15.0. The van der Waals surface area contributed by atoms with Gasteiger partial charge in [0.15, 0.2) is 0 Å². The van der Waals surface area contributed by atoms with Gasteiger partial charge in [0.2, 0.25) is 5.91 Å². The molecule has 0 N–H and O–H groups in total. The SMILES string of the molecule is CN(Cc1ccc(Cl)s1)C(=O)/C=C/c1cc(Br)ccc1F. The van der Waals surface area contributed by atoms with E-state index in [0.717, 1.165) is 9.35 Å². The van der Waals surface area contributed by atoms with Gasteiger partial charge in [-0.1, -0.05) is 27.5 Å². The number of thiophene rings is 1. The Bertz CT molecular complexity index is 686. The summed E-state index contributed by atoms with van der Waals surface area (Å²) in [5.74, 6) is -0.561. The van der Waals surface area contributed by atoms with E-state index in [0.29, 0.717) is 16.4 Å². The number of hydrogen-bond donors (Lipinski definition) is 0. The van der Waals surface area contributed by atoms with Crippen molar-refractivity contribution in [2.45, 2.75) is 6.54 Å². The third-order valence-electron chi connectivity index (χ3n) is 2.76. The predicted octanol–water partition coefficient (Wildman–Crippen LogP) is 4.97. The summed E-state index contributed by atoms with van der Waals surface area (Å²) in [4.78, 5) is 14.5. The number of halogens is 3. The van der Waals surface area contributed by atoms with Crippen LogP contribution < -0.4 is 0 Å². The van der Waals surface area contributed by atoms with Crippen LogP contribution in [0.5, 0.6) is 0 Å². The number of benzene rings is 1. The maximum atomic E-state index is 13.6. The van der Waals surface area contributed by atoms with Crippen LogP contribution >= 0.6 is 38.9 Å². The minimum absolute atomic E-state index is 0.195. The number of carbonyl (C=O) groups excluding carboxylic acids is 1. The highest BCUT2D eigenvalue weighted by molar-refractivity contribution is 9.10. The summed E-state index contributed by atoms with van der Waals surface area (Å²) in [6.07, 6.45) is 2.83. The molecule has 0 radical (unpaired) electrons. The van der Waals surface area contributed by atoms with Crippen LogP contribution in [-0.4, -0.2) is 17.9 Å². The average molecular weight is 389 g/mol. The Hall–Kier alpha value is -1.17. The van der Waals surface area contributed by atoms with E-state index in [1.807, 2.05) is 6.07 Å². The van der Waals surface area contributed by atoms with Crippen molar-refractivity contribution in [2.75, 3.05) is 7.05 Å². The van der Waals surface area contributed by atoms with Crippen LogP contribution in [0.4, 0.5) is 4.39 Å². The molecule has 0 aliphatic carbocycles. The zero-order chi connectivity index (χ0) is 15.4. The topological polar surface area (TPSA) is 20.3 Å². The van der Waals surface area contributed by atoms with E-state index in [1.165, 1.54) is 29.6 Å². The van der Waals surface area contributed by atoms with Crippen molar-refractivity contribution in [2.24, 2.45) is 0 Å². The van der Waals surface area contributed by atoms with Gasteiger partial charge < -0.3 is 4.90 Å². The lowest BCUT2D eigenvalue weighted by Gasteiger charge is -2.13. The summed E-state index contributed by atoms with van der Waals surface area (Å²) in [5.41, 5.74) is 0.366. The molecule has 0 aliphatic rings. The van der Waals surface area contributed by atoms with Crippen LogP contribution in [-0.2, 0) is 11.3 Å². The monoisotopic (exact) mass is 387 g/mol. The molecule has 1 amide bonds. The quantitative estimate of drug-likeness (QED) is 0.677. The van der Waals surface area contributed by atoms with E-state index in [9.17, 15) is 9.18 Å². The van der Waals surface area contributed by atoms with Crippen molar-refractivity contribution in [1.29, 1.82) is 0 Å². The van der Waals surface area contributed by atoms with Gasteiger partial charge in [0.1, 0.15) is 5.82 Å². The Labute approximate surface area is 140 Å². The van der Waals surface area contributed by atoms with Crippen LogP contribution in [0.25, 0.3) is 6.08 Å². The van der Waals surface area contributed by atoms with Crippen molar-refractivity contribution in [3.8, 4) is 0 Å². The molecule has 2 aromatic rings.